The van der Waals surface area contributed by atoms with E-state index in [0.29, 0.717) is 22.9 Å². The van der Waals surface area contributed by atoms with E-state index in [1.54, 1.807) is 24.3 Å². The predicted molar refractivity (Wildman–Crippen MR) is 164 cm³/mol. The highest BCUT2D eigenvalue weighted by Crippen LogP contribution is 2.30. The van der Waals surface area contributed by atoms with Crippen molar-refractivity contribution in [3.8, 4) is 5.75 Å². The number of anilines is 1. The van der Waals surface area contributed by atoms with Crippen LogP contribution in [0.3, 0.4) is 0 Å². The third-order valence-corrected chi connectivity index (χ3v) is 8.31. The van der Waals surface area contributed by atoms with Crippen LogP contribution in [-0.2, 0) is 32.6 Å². The van der Waals surface area contributed by atoms with E-state index >= 15 is 0 Å². The van der Waals surface area contributed by atoms with Crippen LogP contribution < -0.4 is 14.4 Å². The van der Waals surface area contributed by atoms with Gasteiger partial charge in [-0.1, -0.05) is 85.1 Å². The molecule has 0 saturated heterocycles. The van der Waals surface area contributed by atoms with Gasteiger partial charge in [0.25, 0.3) is 0 Å². The Morgan fingerprint density at radius 3 is 2.27 bits per heavy atom. The standard InChI is InChI=1S/C30H35Cl2N3O5S/c1-4-5-17-33-30(37)27(18-22-11-7-6-8-12-22)34(20-23-13-9-10-14-25(23)31)29(36)21-35(41(3,38)39)24-15-16-28(40-2)26(32)19-24/h6-16,19,27H,4-5,17-18,20-21H2,1-3H3,(H,33,37)/t27-/m1/s1. The molecule has 0 bridgehead atoms. The van der Waals surface area contributed by atoms with Gasteiger partial charge in [-0.3, -0.25) is 13.9 Å². The van der Waals surface area contributed by atoms with Gasteiger partial charge in [0.2, 0.25) is 21.8 Å². The zero-order chi connectivity index (χ0) is 30.0. The first-order valence-corrected chi connectivity index (χ1v) is 15.8. The van der Waals surface area contributed by atoms with Crippen molar-refractivity contribution in [2.45, 2.75) is 38.8 Å². The van der Waals surface area contributed by atoms with E-state index in [1.807, 2.05) is 37.3 Å². The van der Waals surface area contributed by atoms with Crippen molar-refractivity contribution in [1.29, 1.82) is 0 Å². The molecule has 3 aromatic rings. The molecule has 0 unspecified atom stereocenters. The number of benzene rings is 3. The number of methoxy groups -OCH3 is 1. The minimum absolute atomic E-state index is 0.00181. The van der Waals surface area contributed by atoms with Crippen LogP contribution in [-0.4, -0.2) is 57.6 Å². The van der Waals surface area contributed by atoms with Gasteiger partial charge in [-0.25, -0.2) is 8.42 Å². The summed E-state index contributed by atoms with van der Waals surface area (Å²) in [6.07, 6.45) is 2.90. The maximum atomic E-state index is 14.1. The highest BCUT2D eigenvalue weighted by atomic mass is 35.5. The van der Waals surface area contributed by atoms with Crippen LogP contribution in [0.15, 0.2) is 72.8 Å². The number of carbonyl (C=O) groups is 2. The smallest absolute Gasteiger partial charge is 0.244 e. The van der Waals surface area contributed by atoms with E-state index in [0.717, 1.165) is 29.0 Å². The predicted octanol–water partition coefficient (Wildman–Crippen LogP) is 5.32. The SMILES string of the molecule is CCCCNC(=O)[C@@H](Cc1ccccc1)N(Cc1ccccc1Cl)C(=O)CN(c1ccc(OC)c(Cl)c1)S(C)(=O)=O. The van der Waals surface area contributed by atoms with Crippen LogP contribution in [0.25, 0.3) is 0 Å². The van der Waals surface area contributed by atoms with Crippen LogP contribution >= 0.6 is 23.2 Å². The van der Waals surface area contributed by atoms with Crippen molar-refractivity contribution in [3.63, 3.8) is 0 Å². The van der Waals surface area contributed by atoms with Crippen molar-refractivity contribution >= 4 is 50.7 Å². The largest absolute Gasteiger partial charge is 0.495 e. The summed E-state index contributed by atoms with van der Waals surface area (Å²) in [5, 5.41) is 3.56. The van der Waals surface area contributed by atoms with E-state index in [2.05, 4.69) is 5.32 Å². The van der Waals surface area contributed by atoms with E-state index in [1.165, 1.54) is 30.2 Å². The van der Waals surface area contributed by atoms with Gasteiger partial charge in [0, 0.05) is 24.5 Å². The number of sulfonamides is 1. The molecule has 0 saturated carbocycles. The summed E-state index contributed by atoms with van der Waals surface area (Å²) < 4.78 is 32.0. The molecule has 0 aromatic heterocycles. The van der Waals surface area contributed by atoms with Gasteiger partial charge in [-0.15, -0.1) is 0 Å². The summed E-state index contributed by atoms with van der Waals surface area (Å²) in [6, 6.07) is 19.9. The first kappa shape index (κ1) is 32.2. The van der Waals surface area contributed by atoms with Gasteiger partial charge in [0.1, 0.15) is 18.3 Å². The Kier molecular flexibility index (Phi) is 11.9. The van der Waals surface area contributed by atoms with Crippen LogP contribution in [0, 0.1) is 0 Å². The molecule has 41 heavy (non-hydrogen) atoms. The molecule has 0 spiro atoms. The highest BCUT2D eigenvalue weighted by Gasteiger charge is 2.33. The second-order valence-electron chi connectivity index (χ2n) is 9.55. The summed E-state index contributed by atoms with van der Waals surface area (Å²) in [5.74, 6) is -0.544. The molecule has 3 aromatic carbocycles. The van der Waals surface area contributed by atoms with Crippen LogP contribution in [0.1, 0.15) is 30.9 Å². The Balaban J connectivity index is 2.05. The number of hydrogen-bond acceptors (Lipinski definition) is 5. The molecule has 0 radical (unpaired) electrons. The lowest BCUT2D eigenvalue weighted by Gasteiger charge is -2.33. The van der Waals surface area contributed by atoms with E-state index in [4.69, 9.17) is 27.9 Å². The average Bonchev–Trinajstić information content (AvgIpc) is 2.94. The highest BCUT2D eigenvalue weighted by molar-refractivity contribution is 7.92. The minimum atomic E-state index is -3.93. The van der Waals surface area contributed by atoms with Crippen molar-refractivity contribution in [1.82, 2.24) is 10.2 Å². The Bertz CT molecular complexity index is 1440. The van der Waals surface area contributed by atoms with Gasteiger partial charge >= 0.3 is 0 Å². The Morgan fingerprint density at radius 2 is 1.66 bits per heavy atom. The Morgan fingerprint density at radius 1 is 0.976 bits per heavy atom. The van der Waals surface area contributed by atoms with Crippen LogP contribution in [0.4, 0.5) is 5.69 Å². The first-order valence-electron chi connectivity index (χ1n) is 13.2. The monoisotopic (exact) mass is 619 g/mol. The summed E-state index contributed by atoms with van der Waals surface area (Å²) in [5.41, 5.74) is 1.67. The number of nitrogens with zero attached hydrogens (tertiary/aromatic N) is 2. The fourth-order valence-electron chi connectivity index (χ4n) is 4.29. The van der Waals surface area contributed by atoms with Crippen LogP contribution in [0.5, 0.6) is 5.75 Å². The fraction of sp³-hybridized carbons (Fsp3) is 0.333. The lowest BCUT2D eigenvalue weighted by molar-refractivity contribution is -0.140. The number of amides is 2. The van der Waals surface area contributed by atoms with Crippen molar-refractivity contribution in [3.05, 3.63) is 94.0 Å². The molecule has 1 N–H and O–H groups in total. The summed E-state index contributed by atoms with van der Waals surface area (Å²) >= 11 is 12.7. The number of hydrogen-bond donors (Lipinski definition) is 1. The number of ether oxygens (including phenoxy) is 1. The van der Waals surface area contributed by atoms with Crippen molar-refractivity contribution < 1.29 is 22.7 Å². The Hall–Kier alpha value is -3.27. The fourth-order valence-corrected chi connectivity index (χ4v) is 5.58. The Labute approximate surface area is 252 Å². The number of unbranched alkanes of at least 4 members (excludes halogenated alkanes) is 1. The molecule has 8 nitrogen and oxygen atoms in total. The molecular weight excluding hydrogens is 585 g/mol. The lowest BCUT2D eigenvalue weighted by Crippen LogP contribution is -2.53. The molecule has 220 valence electrons. The maximum Gasteiger partial charge on any atom is 0.244 e. The van der Waals surface area contributed by atoms with E-state index < -0.39 is 28.5 Å². The zero-order valence-electron chi connectivity index (χ0n) is 23.3. The third-order valence-electron chi connectivity index (χ3n) is 6.50. The molecule has 0 aliphatic rings. The van der Waals surface area contributed by atoms with Crippen molar-refractivity contribution in [2.75, 3.05) is 30.8 Å². The van der Waals surface area contributed by atoms with Crippen molar-refractivity contribution in [2.24, 2.45) is 0 Å². The molecule has 0 aliphatic heterocycles. The average molecular weight is 621 g/mol. The maximum absolute atomic E-state index is 14.1. The summed E-state index contributed by atoms with van der Waals surface area (Å²) in [4.78, 5) is 29.1. The summed E-state index contributed by atoms with van der Waals surface area (Å²) in [6.45, 7) is 1.91. The number of nitrogens with one attached hydrogen (secondary N) is 1. The van der Waals surface area contributed by atoms with Gasteiger partial charge in [0.15, 0.2) is 0 Å². The quantitative estimate of drug-likeness (QED) is 0.246. The molecule has 0 fully saturated rings. The van der Waals surface area contributed by atoms with E-state index in [-0.39, 0.29) is 29.6 Å². The molecule has 0 heterocycles. The van der Waals surface area contributed by atoms with Gasteiger partial charge in [0.05, 0.1) is 24.1 Å². The molecule has 2 amide bonds. The second kappa shape index (κ2) is 15.1. The zero-order valence-corrected chi connectivity index (χ0v) is 25.7. The molecule has 3 rings (SSSR count). The third kappa shape index (κ3) is 9.11. The number of halogens is 2. The molecule has 1 atom stereocenters. The molecular formula is C30H35Cl2N3O5S. The second-order valence-corrected chi connectivity index (χ2v) is 12.3. The normalized spacial score (nSPS) is 11.9. The van der Waals surface area contributed by atoms with E-state index in [9.17, 15) is 18.0 Å². The number of carbonyl (C=O) groups excluding carboxylic acids is 2. The summed E-state index contributed by atoms with van der Waals surface area (Å²) in [7, 11) is -2.48. The first-order chi connectivity index (χ1) is 19.5. The topological polar surface area (TPSA) is 96.0 Å². The van der Waals surface area contributed by atoms with Crippen LogP contribution in [0.2, 0.25) is 10.0 Å². The lowest BCUT2D eigenvalue weighted by atomic mass is 10.0. The van der Waals surface area contributed by atoms with Gasteiger partial charge < -0.3 is 15.0 Å². The minimum Gasteiger partial charge on any atom is -0.495 e. The van der Waals surface area contributed by atoms with Gasteiger partial charge in [-0.05, 0) is 41.8 Å². The molecule has 0 aliphatic carbocycles. The van der Waals surface area contributed by atoms with Gasteiger partial charge in [-0.2, -0.15) is 0 Å². The molecule has 11 heteroatoms. The number of rotatable bonds is 14.